The average molecular weight is 440 g/mol. The highest BCUT2D eigenvalue weighted by Crippen LogP contribution is 2.22. The lowest BCUT2D eigenvalue weighted by atomic mass is 10.1. The minimum Gasteiger partial charge on any atom is -0.350 e. The molecule has 0 amide bonds. The average Bonchev–Trinajstić information content (AvgIpc) is 2.67. The van der Waals surface area contributed by atoms with Crippen molar-refractivity contribution in [1.82, 2.24) is 14.1 Å². The quantitative estimate of drug-likeness (QED) is 0.617. The predicted octanol–water partition coefficient (Wildman–Crippen LogP) is 3.01. The van der Waals surface area contributed by atoms with Crippen molar-refractivity contribution in [2.45, 2.75) is 51.2 Å². The molecule has 29 heavy (non-hydrogen) atoms. The molecular formula is C20H26ClN3O4S. The molecule has 0 N–H and O–H groups in total. The van der Waals surface area contributed by atoms with Crippen LogP contribution in [0.1, 0.15) is 32.8 Å². The van der Waals surface area contributed by atoms with Crippen LogP contribution >= 0.6 is 23.4 Å². The smallest absolute Gasteiger partial charge is 0.350 e. The molecular weight excluding hydrogens is 414 g/mol. The Kier molecular flexibility index (Phi) is 7.21. The zero-order chi connectivity index (χ0) is 21.0. The van der Waals surface area contributed by atoms with Gasteiger partial charge in [-0.3, -0.25) is 4.57 Å². The van der Waals surface area contributed by atoms with Crippen molar-refractivity contribution in [2.75, 3.05) is 19.0 Å². The molecule has 1 aliphatic rings. The van der Waals surface area contributed by atoms with Gasteiger partial charge in [-0.05, 0) is 43.7 Å². The molecule has 1 aliphatic heterocycles. The van der Waals surface area contributed by atoms with Gasteiger partial charge < -0.3 is 9.47 Å². The molecule has 0 bridgehead atoms. The molecule has 7 nitrogen and oxygen atoms in total. The topological polar surface area (TPSA) is 75.4 Å². The number of nitrogens with zero attached hydrogens (tertiary/aromatic N) is 3. The maximum absolute atomic E-state index is 13.1. The predicted molar refractivity (Wildman–Crippen MR) is 114 cm³/mol. The summed E-state index contributed by atoms with van der Waals surface area (Å²) in [5.74, 6) is 0.256. The lowest BCUT2D eigenvalue weighted by molar-refractivity contribution is -0.262. The lowest BCUT2D eigenvalue weighted by Crippen LogP contribution is -2.44. The Balaban J connectivity index is 1.83. The third-order valence-electron chi connectivity index (χ3n) is 4.74. The van der Waals surface area contributed by atoms with Crippen LogP contribution in [-0.2, 0) is 22.6 Å². The monoisotopic (exact) mass is 439 g/mol. The van der Waals surface area contributed by atoms with Gasteiger partial charge >= 0.3 is 11.4 Å². The zero-order valence-electron chi connectivity index (χ0n) is 16.9. The number of aromatic nitrogens is 3. The van der Waals surface area contributed by atoms with E-state index < -0.39 is 11.5 Å². The van der Waals surface area contributed by atoms with E-state index in [1.807, 2.05) is 32.9 Å². The first-order valence-corrected chi connectivity index (χ1v) is 11.0. The summed E-state index contributed by atoms with van der Waals surface area (Å²) in [5, 5.41) is 1.06. The first-order valence-electron chi connectivity index (χ1n) is 9.66. The summed E-state index contributed by atoms with van der Waals surface area (Å²) in [5.41, 5.74) is 0.0444. The standard InChI is InChI=1S/C20H26ClN3O4S/c1-4-29-18-22-17(25)23(10-9-15-12-27-20(2,3)28-13-15)19(26)24(18)11-14-5-7-16(21)8-6-14/h5-8,15H,4,9-13H2,1-3H3. The first kappa shape index (κ1) is 22.1. The summed E-state index contributed by atoms with van der Waals surface area (Å²) >= 11 is 7.33. The van der Waals surface area contributed by atoms with Crippen LogP contribution < -0.4 is 11.4 Å². The van der Waals surface area contributed by atoms with E-state index in [0.29, 0.717) is 42.1 Å². The fourth-order valence-corrected chi connectivity index (χ4v) is 3.88. The fraction of sp³-hybridized carbons (Fsp3) is 0.550. The van der Waals surface area contributed by atoms with Gasteiger partial charge in [-0.25, -0.2) is 14.2 Å². The summed E-state index contributed by atoms with van der Waals surface area (Å²) < 4.78 is 14.1. The summed E-state index contributed by atoms with van der Waals surface area (Å²) in [6.45, 7) is 7.39. The Morgan fingerprint density at radius 3 is 2.45 bits per heavy atom. The number of halogens is 1. The lowest BCUT2D eigenvalue weighted by Gasteiger charge is -2.35. The number of hydrogen-bond acceptors (Lipinski definition) is 6. The van der Waals surface area contributed by atoms with E-state index in [0.717, 1.165) is 5.56 Å². The van der Waals surface area contributed by atoms with Gasteiger partial charge in [-0.1, -0.05) is 42.4 Å². The maximum atomic E-state index is 13.1. The van der Waals surface area contributed by atoms with Crippen LogP contribution in [0.4, 0.5) is 0 Å². The number of ether oxygens (including phenoxy) is 2. The van der Waals surface area contributed by atoms with E-state index in [1.165, 1.54) is 16.3 Å². The normalized spacial score (nSPS) is 16.8. The Labute approximate surface area is 179 Å². The summed E-state index contributed by atoms with van der Waals surface area (Å²) in [6.07, 6.45) is 0.605. The minimum absolute atomic E-state index is 0.128. The zero-order valence-corrected chi connectivity index (χ0v) is 18.5. The van der Waals surface area contributed by atoms with Gasteiger partial charge in [0, 0.05) is 17.5 Å². The molecule has 3 rings (SSSR count). The van der Waals surface area contributed by atoms with Crippen LogP contribution in [0.5, 0.6) is 0 Å². The van der Waals surface area contributed by atoms with E-state index in [2.05, 4.69) is 4.98 Å². The van der Waals surface area contributed by atoms with Crippen molar-refractivity contribution in [3.05, 3.63) is 55.8 Å². The second kappa shape index (κ2) is 9.47. The van der Waals surface area contributed by atoms with E-state index >= 15 is 0 Å². The minimum atomic E-state index is -0.584. The van der Waals surface area contributed by atoms with E-state index in [-0.39, 0.29) is 18.2 Å². The Morgan fingerprint density at radius 2 is 1.83 bits per heavy atom. The molecule has 0 aliphatic carbocycles. The van der Waals surface area contributed by atoms with Crippen molar-refractivity contribution >= 4 is 23.4 Å². The third kappa shape index (κ3) is 5.72. The van der Waals surface area contributed by atoms with Crippen LogP contribution in [0.15, 0.2) is 39.0 Å². The molecule has 0 radical (unpaired) electrons. The number of benzene rings is 1. The molecule has 0 unspecified atom stereocenters. The van der Waals surface area contributed by atoms with Crippen LogP contribution in [0.3, 0.4) is 0 Å². The van der Waals surface area contributed by atoms with Crippen LogP contribution in [-0.4, -0.2) is 38.9 Å². The SMILES string of the molecule is CCSc1nc(=O)n(CCC2COC(C)(C)OC2)c(=O)n1Cc1ccc(Cl)cc1. The number of thioether (sulfide) groups is 1. The van der Waals surface area contributed by atoms with E-state index in [4.69, 9.17) is 21.1 Å². The highest BCUT2D eigenvalue weighted by molar-refractivity contribution is 7.99. The molecule has 0 atom stereocenters. The molecule has 1 fully saturated rings. The van der Waals surface area contributed by atoms with Gasteiger partial charge in [0.15, 0.2) is 10.9 Å². The van der Waals surface area contributed by atoms with Gasteiger partial charge in [0.1, 0.15) is 0 Å². The summed E-state index contributed by atoms with van der Waals surface area (Å²) in [6, 6.07) is 7.29. The second-order valence-electron chi connectivity index (χ2n) is 7.43. The van der Waals surface area contributed by atoms with Crippen LogP contribution in [0.2, 0.25) is 5.02 Å². The molecule has 1 aromatic carbocycles. The Morgan fingerprint density at radius 1 is 1.17 bits per heavy atom. The van der Waals surface area contributed by atoms with E-state index in [1.54, 1.807) is 16.7 Å². The van der Waals surface area contributed by atoms with Crippen molar-refractivity contribution < 1.29 is 9.47 Å². The molecule has 158 valence electrons. The summed E-state index contributed by atoms with van der Waals surface area (Å²) in [7, 11) is 0. The van der Waals surface area contributed by atoms with Gasteiger partial charge in [-0.15, -0.1) is 0 Å². The number of hydrogen-bond donors (Lipinski definition) is 0. The molecule has 2 heterocycles. The van der Waals surface area contributed by atoms with Gasteiger partial charge in [0.25, 0.3) is 0 Å². The Bertz CT molecular complexity index is 946. The summed E-state index contributed by atoms with van der Waals surface area (Å²) in [4.78, 5) is 29.8. The molecule has 0 spiro atoms. The molecule has 1 aromatic heterocycles. The molecule has 1 saturated heterocycles. The molecule has 2 aromatic rings. The fourth-order valence-electron chi connectivity index (χ4n) is 3.06. The van der Waals surface area contributed by atoms with E-state index in [9.17, 15) is 9.59 Å². The molecule has 0 saturated carbocycles. The second-order valence-corrected chi connectivity index (χ2v) is 9.10. The van der Waals surface area contributed by atoms with Crippen LogP contribution in [0.25, 0.3) is 0 Å². The largest absolute Gasteiger partial charge is 0.354 e. The van der Waals surface area contributed by atoms with Gasteiger partial charge in [0.05, 0.1) is 19.8 Å². The van der Waals surface area contributed by atoms with Crippen molar-refractivity contribution in [2.24, 2.45) is 5.92 Å². The van der Waals surface area contributed by atoms with Crippen molar-refractivity contribution in [1.29, 1.82) is 0 Å². The maximum Gasteiger partial charge on any atom is 0.354 e. The van der Waals surface area contributed by atoms with Gasteiger partial charge in [0.2, 0.25) is 0 Å². The first-order chi connectivity index (χ1) is 13.8. The van der Waals surface area contributed by atoms with Crippen molar-refractivity contribution in [3.63, 3.8) is 0 Å². The van der Waals surface area contributed by atoms with Gasteiger partial charge in [-0.2, -0.15) is 4.98 Å². The Hall–Kier alpha value is -1.61. The highest BCUT2D eigenvalue weighted by atomic mass is 35.5. The van der Waals surface area contributed by atoms with Crippen LogP contribution in [0, 0.1) is 5.92 Å². The number of rotatable bonds is 7. The third-order valence-corrected chi connectivity index (χ3v) is 5.85. The van der Waals surface area contributed by atoms with Crippen molar-refractivity contribution in [3.8, 4) is 0 Å². The highest BCUT2D eigenvalue weighted by Gasteiger charge is 2.28. The molecule has 9 heteroatoms.